The van der Waals surface area contributed by atoms with Crippen LogP contribution in [0.4, 0.5) is 0 Å². The number of nitrogens with zero attached hydrogens (tertiary/aromatic N) is 3. The smallest absolute Gasteiger partial charge is 0.261 e. The van der Waals surface area contributed by atoms with Crippen LogP contribution in [0.15, 0.2) is 18.2 Å². The number of hydrogen-bond acceptors (Lipinski definition) is 8. The van der Waals surface area contributed by atoms with Crippen LogP contribution in [0.25, 0.3) is 6.08 Å². The minimum absolute atomic E-state index is 0.0470. The highest BCUT2D eigenvalue weighted by Gasteiger charge is 2.24. The van der Waals surface area contributed by atoms with Gasteiger partial charge < -0.3 is 24.0 Å². The van der Waals surface area contributed by atoms with Crippen molar-refractivity contribution >= 4 is 28.0 Å². The van der Waals surface area contributed by atoms with E-state index >= 15 is 0 Å². The first-order valence-corrected chi connectivity index (χ1v) is 13.1. The Morgan fingerprint density at radius 1 is 0.914 bits per heavy atom. The number of carbonyl (C=O) groups excluding carboxylic acids is 2. The summed E-state index contributed by atoms with van der Waals surface area (Å²) in [6.07, 6.45) is 6.23. The average Bonchev–Trinajstić information content (AvgIpc) is 3.36. The van der Waals surface area contributed by atoms with Gasteiger partial charge in [0.05, 0.1) is 34.1 Å². The highest BCUT2D eigenvalue weighted by Crippen LogP contribution is 2.38. The van der Waals surface area contributed by atoms with Gasteiger partial charge in [-0.15, -0.1) is 0 Å². The Bertz CT molecular complexity index is 965. The third kappa shape index (κ3) is 9.38. The van der Waals surface area contributed by atoms with Gasteiger partial charge in [0.25, 0.3) is 10.1 Å². The Morgan fingerprint density at radius 3 is 1.89 bits per heavy atom. The molecule has 1 N–H and O–H groups in total. The molecular formula is C23H35N3O8S. The third-order valence-electron chi connectivity index (χ3n) is 5.61. The molecule has 2 aliphatic heterocycles. The Morgan fingerprint density at radius 2 is 1.43 bits per heavy atom. The molecule has 1 aromatic carbocycles. The molecule has 0 saturated carbocycles. The van der Waals surface area contributed by atoms with Gasteiger partial charge in [-0.3, -0.25) is 19.0 Å². The molecule has 12 heteroatoms. The van der Waals surface area contributed by atoms with Crippen molar-refractivity contribution in [1.29, 1.82) is 0 Å². The zero-order valence-electron chi connectivity index (χ0n) is 20.7. The first-order chi connectivity index (χ1) is 16.5. The van der Waals surface area contributed by atoms with Crippen molar-refractivity contribution in [2.24, 2.45) is 0 Å². The monoisotopic (exact) mass is 513 g/mol. The fourth-order valence-corrected chi connectivity index (χ4v) is 3.85. The van der Waals surface area contributed by atoms with E-state index in [0.29, 0.717) is 56.2 Å². The minimum Gasteiger partial charge on any atom is -0.493 e. The zero-order valence-corrected chi connectivity index (χ0v) is 21.5. The lowest BCUT2D eigenvalue weighted by atomic mass is 10.1. The normalized spacial score (nSPS) is 16.6. The molecule has 0 spiro atoms. The van der Waals surface area contributed by atoms with Crippen LogP contribution < -0.4 is 14.2 Å². The summed E-state index contributed by atoms with van der Waals surface area (Å²) in [6.45, 7) is 4.86. The number of piperazine rings is 1. The summed E-state index contributed by atoms with van der Waals surface area (Å²) in [5.41, 5.74) is 0.785. The number of rotatable bonds is 7. The van der Waals surface area contributed by atoms with Gasteiger partial charge in [-0.1, -0.05) is 0 Å². The lowest BCUT2D eigenvalue weighted by Gasteiger charge is -2.34. The van der Waals surface area contributed by atoms with Gasteiger partial charge in [0.2, 0.25) is 17.6 Å². The van der Waals surface area contributed by atoms with E-state index in [1.165, 1.54) is 0 Å². The van der Waals surface area contributed by atoms with Crippen LogP contribution in [-0.4, -0.2) is 113 Å². The van der Waals surface area contributed by atoms with Crippen LogP contribution in [-0.2, 0) is 19.7 Å². The van der Waals surface area contributed by atoms with Crippen molar-refractivity contribution in [2.75, 3.05) is 73.4 Å². The average molecular weight is 514 g/mol. The van der Waals surface area contributed by atoms with E-state index in [9.17, 15) is 18.0 Å². The summed E-state index contributed by atoms with van der Waals surface area (Å²) < 4.78 is 41.9. The summed E-state index contributed by atoms with van der Waals surface area (Å²) in [6, 6.07) is 3.60. The summed E-state index contributed by atoms with van der Waals surface area (Å²) >= 11 is 0. The van der Waals surface area contributed by atoms with Crippen LogP contribution in [0.5, 0.6) is 17.2 Å². The molecular weight excluding hydrogens is 478 g/mol. The van der Waals surface area contributed by atoms with Gasteiger partial charge >= 0.3 is 0 Å². The molecule has 0 bridgehead atoms. The molecule has 0 atom stereocenters. The van der Waals surface area contributed by atoms with Crippen molar-refractivity contribution in [3.63, 3.8) is 0 Å². The van der Waals surface area contributed by atoms with E-state index < -0.39 is 10.1 Å². The van der Waals surface area contributed by atoms with Crippen molar-refractivity contribution in [3.05, 3.63) is 23.8 Å². The number of ether oxygens (including phenoxy) is 3. The van der Waals surface area contributed by atoms with Crippen molar-refractivity contribution < 1.29 is 36.8 Å². The van der Waals surface area contributed by atoms with Gasteiger partial charge in [0.1, 0.15) is 0 Å². The molecule has 0 aliphatic carbocycles. The zero-order chi connectivity index (χ0) is 26.0. The van der Waals surface area contributed by atoms with Crippen LogP contribution in [0.1, 0.15) is 18.4 Å². The lowest BCUT2D eigenvalue weighted by Crippen LogP contribution is -2.51. The second-order valence-electron chi connectivity index (χ2n) is 8.21. The molecule has 2 heterocycles. The van der Waals surface area contributed by atoms with E-state index in [1.807, 2.05) is 9.80 Å². The number of benzene rings is 1. The number of amides is 2. The summed E-state index contributed by atoms with van der Waals surface area (Å²) in [4.78, 5) is 30.8. The van der Waals surface area contributed by atoms with Crippen LogP contribution in [0, 0.1) is 0 Å². The predicted octanol–water partition coefficient (Wildman–Crippen LogP) is 0.996. The maximum absolute atomic E-state index is 12.6. The number of carbonyl (C=O) groups is 2. The molecule has 2 amide bonds. The molecule has 0 radical (unpaired) electrons. The Balaban J connectivity index is 0.000000784. The quantitative estimate of drug-likeness (QED) is 0.420. The second kappa shape index (κ2) is 13.3. The highest BCUT2D eigenvalue weighted by molar-refractivity contribution is 7.85. The molecule has 3 rings (SSSR count). The molecule has 196 valence electrons. The maximum atomic E-state index is 12.6. The predicted molar refractivity (Wildman–Crippen MR) is 131 cm³/mol. The van der Waals surface area contributed by atoms with Gasteiger partial charge in [-0.2, -0.15) is 8.42 Å². The molecule has 11 nitrogen and oxygen atoms in total. The lowest BCUT2D eigenvalue weighted by molar-refractivity contribution is -0.132. The fourth-order valence-electron chi connectivity index (χ4n) is 3.85. The van der Waals surface area contributed by atoms with E-state index in [0.717, 1.165) is 31.5 Å². The first kappa shape index (κ1) is 28.4. The second-order valence-corrected chi connectivity index (χ2v) is 9.68. The summed E-state index contributed by atoms with van der Waals surface area (Å²) in [5, 5.41) is 0. The fraction of sp³-hybridized carbons (Fsp3) is 0.565. The Hall–Kier alpha value is -2.83. The van der Waals surface area contributed by atoms with E-state index in [-0.39, 0.29) is 11.8 Å². The third-order valence-corrected chi connectivity index (χ3v) is 5.61. The molecule has 35 heavy (non-hydrogen) atoms. The van der Waals surface area contributed by atoms with Crippen molar-refractivity contribution in [2.45, 2.75) is 12.8 Å². The Labute approximate surface area is 207 Å². The topological polar surface area (TPSA) is 126 Å². The standard InChI is InChI=1S/C22H31N3O5.CH4O3S/c1-28-18-14-17(15-19(29-2)22(18)30-3)6-7-20(26)25-12-10-23(11-13-25)16-21(27)24-8-4-5-9-24;1-5(2,3)4/h6-7,14-15H,4-5,8-13,16H2,1-3H3;1H3,(H,2,3,4)/b7-6+;. The van der Waals surface area contributed by atoms with Gasteiger partial charge in [-0.25, -0.2) is 0 Å². The Kier molecular flexibility index (Phi) is 10.8. The number of methoxy groups -OCH3 is 3. The SMILES string of the molecule is COc1cc(/C=C/C(=O)N2CCN(CC(=O)N3CCCC3)CC2)cc(OC)c1OC.CS(=O)(=O)O. The molecule has 2 aliphatic rings. The van der Waals surface area contributed by atoms with Crippen molar-refractivity contribution in [1.82, 2.24) is 14.7 Å². The summed E-state index contributed by atoms with van der Waals surface area (Å²) in [5.74, 6) is 1.76. The molecule has 0 unspecified atom stereocenters. The molecule has 2 fully saturated rings. The van der Waals surface area contributed by atoms with E-state index in [1.54, 1.807) is 45.6 Å². The van der Waals surface area contributed by atoms with Crippen LogP contribution in [0.2, 0.25) is 0 Å². The first-order valence-electron chi connectivity index (χ1n) is 11.2. The number of hydrogen-bond donors (Lipinski definition) is 1. The number of likely N-dealkylation sites (tertiary alicyclic amines) is 1. The van der Waals surface area contributed by atoms with E-state index in [4.69, 9.17) is 18.8 Å². The largest absolute Gasteiger partial charge is 0.493 e. The maximum Gasteiger partial charge on any atom is 0.261 e. The highest BCUT2D eigenvalue weighted by atomic mass is 32.2. The van der Waals surface area contributed by atoms with Crippen LogP contribution >= 0.6 is 0 Å². The van der Waals surface area contributed by atoms with E-state index in [2.05, 4.69) is 4.90 Å². The van der Waals surface area contributed by atoms with Gasteiger partial charge in [0.15, 0.2) is 11.5 Å². The summed E-state index contributed by atoms with van der Waals surface area (Å²) in [7, 11) is 1.01. The molecule has 1 aromatic rings. The van der Waals surface area contributed by atoms with Crippen LogP contribution in [0.3, 0.4) is 0 Å². The van der Waals surface area contributed by atoms with Gasteiger partial charge in [-0.05, 0) is 36.6 Å². The van der Waals surface area contributed by atoms with Crippen molar-refractivity contribution in [3.8, 4) is 17.2 Å². The van der Waals surface area contributed by atoms with Gasteiger partial charge in [0, 0.05) is 45.3 Å². The molecule has 2 saturated heterocycles. The minimum atomic E-state index is -3.67. The molecule has 0 aromatic heterocycles.